The van der Waals surface area contributed by atoms with Crippen LogP contribution in [0, 0.1) is 0 Å². The number of amides is 1. The number of aromatic nitrogens is 2. The molecule has 1 atom stereocenters. The molecule has 1 aromatic carbocycles. The van der Waals surface area contributed by atoms with Crippen molar-refractivity contribution in [2.24, 2.45) is 4.99 Å². The van der Waals surface area contributed by atoms with Gasteiger partial charge in [0.2, 0.25) is 0 Å². The summed E-state index contributed by atoms with van der Waals surface area (Å²) in [6.45, 7) is 4.44. The van der Waals surface area contributed by atoms with Gasteiger partial charge in [-0.05, 0) is 25.0 Å². The fraction of sp³-hybridized carbons (Fsp3) is 0.550. The second kappa shape index (κ2) is 10.2. The van der Waals surface area contributed by atoms with Crippen molar-refractivity contribution in [1.29, 1.82) is 0 Å². The van der Waals surface area contributed by atoms with Crippen molar-refractivity contribution in [3.05, 3.63) is 30.1 Å². The number of piperazine rings is 1. The summed E-state index contributed by atoms with van der Waals surface area (Å²) in [4.78, 5) is 29.0. The Balaban J connectivity index is 0.00000240. The topological polar surface area (TPSA) is 85.9 Å². The number of carbonyl (C=O) groups is 1. The molecule has 0 spiro atoms. The van der Waals surface area contributed by atoms with Crippen LogP contribution >= 0.6 is 24.0 Å². The van der Waals surface area contributed by atoms with Gasteiger partial charge in [-0.3, -0.25) is 9.79 Å². The van der Waals surface area contributed by atoms with Crippen LogP contribution in [0.2, 0.25) is 0 Å². The van der Waals surface area contributed by atoms with E-state index in [0.717, 1.165) is 61.7 Å². The molecule has 8 nitrogen and oxygen atoms in total. The van der Waals surface area contributed by atoms with Crippen molar-refractivity contribution in [3.8, 4) is 0 Å². The van der Waals surface area contributed by atoms with E-state index in [9.17, 15) is 4.79 Å². The SMILES string of the molecule is CN=C(NCCc1nc2ccccc2[nH]1)N1CCN(C(=O)C2CCCO2)CC1.I. The van der Waals surface area contributed by atoms with E-state index in [1.807, 2.05) is 29.2 Å². The zero-order valence-electron chi connectivity index (χ0n) is 16.8. The summed E-state index contributed by atoms with van der Waals surface area (Å²) in [6, 6.07) is 8.05. The highest BCUT2D eigenvalue weighted by atomic mass is 127. The number of nitrogens with zero attached hydrogens (tertiary/aromatic N) is 4. The molecule has 2 N–H and O–H groups in total. The minimum Gasteiger partial charge on any atom is -0.368 e. The van der Waals surface area contributed by atoms with Crippen LogP contribution in [0.1, 0.15) is 18.7 Å². The normalized spacial score (nSPS) is 20.0. The molecule has 3 heterocycles. The first kappa shape index (κ1) is 21.8. The number of aliphatic imine (C=N–C) groups is 1. The highest BCUT2D eigenvalue weighted by Gasteiger charge is 2.30. The van der Waals surface area contributed by atoms with E-state index in [1.165, 1.54) is 0 Å². The average molecular weight is 512 g/mol. The van der Waals surface area contributed by atoms with E-state index in [-0.39, 0.29) is 36.0 Å². The van der Waals surface area contributed by atoms with Gasteiger partial charge < -0.3 is 24.8 Å². The fourth-order valence-corrected chi connectivity index (χ4v) is 3.86. The lowest BCUT2D eigenvalue weighted by Crippen LogP contribution is -2.55. The first-order chi connectivity index (χ1) is 13.7. The quantitative estimate of drug-likeness (QED) is 0.370. The predicted octanol–water partition coefficient (Wildman–Crippen LogP) is 1.62. The molecule has 2 aliphatic rings. The molecule has 0 saturated carbocycles. The molecule has 1 amide bonds. The Bertz CT molecular complexity index is 807. The van der Waals surface area contributed by atoms with Crippen molar-refractivity contribution < 1.29 is 9.53 Å². The average Bonchev–Trinajstić information content (AvgIpc) is 3.40. The molecule has 0 radical (unpaired) electrons. The van der Waals surface area contributed by atoms with Crippen molar-refractivity contribution in [1.82, 2.24) is 25.1 Å². The number of aromatic amines is 1. The minimum absolute atomic E-state index is 0. The summed E-state index contributed by atoms with van der Waals surface area (Å²) in [5.74, 6) is 1.99. The van der Waals surface area contributed by atoms with Gasteiger partial charge in [0.25, 0.3) is 5.91 Å². The number of H-pyrrole nitrogens is 1. The van der Waals surface area contributed by atoms with E-state index in [2.05, 4.69) is 25.2 Å². The Hall–Kier alpha value is -1.88. The summed E-state index contributed by atoms with van der Waals surface area (Å²) in [5, 5.41) is 3.42. The molecular weight excluding hydrogens is 483 g/mol. The van der Waals surface area contributed by atoms with Crippen molar-refractivity contribution >= 4 is 46.9 Å². The maximum atomic E-state index is 12.5. The molecule has 2 aromatic rings. The van der Waals surface area contributed by atoms with Gasteiger partial charge in [-0.1, -0.05) is 12.1 Å². The molecule has 2 aliphatic heterocycles. The molecule has 9 heteroatoms. The largest absolute Gasteiger partial charge is 0.368 e. The molecular formula is C20H29IN6O2. The number of hydrogen-bond acceptors (Lipinski definition) is 4. The van der Waals surface area contributed by atoms with Crippen LogP contribution < -0.4 is 5.32 Å². The molecule has 0 bridgehead atoms. The second-order valence-electron chi connectivity index (χ2n) is 7.24. The van der Waals surface area contributed by atoms with Crippen LogP contribution in [0.15, 0.2) is 29.3 Å². The van der Waals surface area contributed by atoms with Crippen LogP contribution in [0.5, 0.6) is 0 Å². The van der Waals surface area contributed by atoms with Gasteiger partial charge in [0, 0.05) is 52.8 Å². The van der Waals surface area contributed by atoms with Gasteiger partial charge in [-0.15, -0.1) is 24.0 Å². The summed E-state index contributed by atoms with van der Waals surface area (Å²) >= 11 is 0. The summed E-state index contributed by atoms with van der Waals surface area (Å²) in [7, 11) is 1.80. The third-order valence-electron chi connectivity index (χ3n) is 5.39. The molecule has 29 heavy (non-hydrogen) atoms. The third kappa shape index (κ3) is 5.19. The van der Waals surface area contributed by atoms with Gasteiger partial charge in [0.15, 0.2) is 5.96 Å². The number of rotatable bonds is 4. The maximum Gasteiger partial charge on any atom is 0.251 e. The van der Waals surface area contributed by atoms with Gasteiger partial charge in [-0.2, -0.15) is 0 Å². The molecule has 1 aromatic heterocycles. The van der Waals surface area contributed by atoms with Gasteiger partial charge >= 0.3 is 0 Å². The first-order valence-corrected chi connectivity index (χ1v) is 10.0. The Kier molecular flexibility index (Phi) is 7.70. The van der Waals surface area contributed by atoms with Crippen LogP contribution in [0.4, 0.5) is 0 Å². The van der Waals surface area contributed by atoms with Crippen molar-refractivity contribution in [3.63, 3.8) is 0 Å². The highest BCUT2D eigenvalue weighted by molar-refractivity contribution is 14.0. The summed E-state index contributed by atoms with van der Waals surface area (Å²) in [5.41, 5.74) is 2.06. The Morgan fingerprint density at radius 2 is 2.03 bits per heavy atom. The van der Waals surface area contributed by atoms with E-state index < -0.39 is 0 Å². The number of benzene rings is 1. The molecule has 158 valence electrons. The zero-order chi connectivity index (χ0) is 19.3. The van der Waals surface area contributed by atoms with Gasteiger partial charge in [-0.25, -0.2) is 4.98 Å². The van der Waals surface area contributed by atoms with Gasteiger partial charge in [0.05, 0.1) is 11.0 Å². The number of guanidine groups is 1. The molecule has 0 aliphatic carbocycles. The van der Waals surface area contributed by atoms with Crippen LogP contribution in [-0.4, -0.2) is 84.1 Å². The van der Waals surface area contributed by atoms with E-state index in [0.29, 0.717) is 19.7 Å². The molecule has 2 fully saturated rings. The monoisotopic (exact) mass is 512 g/mol. The fourth-order valence-electron chi connectivity index (χ4n) is 3.86. The standard InChI is InChI=1S/C20H28N6O2.HI/c1-21-20(22-9-8-18-23-15-5-2-3-6-16(15)24-18)26-12-10-25(11-13-26)19(27)17-7-4-14-28-17;/h2-3,5-6,17H,4,7-14H2,1H3,(H,21,22)(H,23,24);1H. The Labute approximate surface area is 188 Å². The van der Waals surface area contributed by atoms with Crippen molar-refractivity contribution in [2.45, 2.75) is 25.4 Å². The first-order valence-electron chi connectivity index (χ1n) is 10.0. The number of para-hydroxylation sites is 2. The van der Waals surface area contributed by atoms with Crippen LogP contribution in [0.25, 0.3) is 11.0 Å². The second-order valence-corrected chi connectivity index (χ2v) is 7.24. The smallest absolute Gasteiger partial charge is 0.251 e. The summed E-state index contributed by atoms with van der Waals surface area (Å²) in [6.07, 6.45) is 2.40. The Morgan fingerprint density at radius 3 is 2.72 bits per heavy atom. The van der Waals surface area contributed by atoms with Crippen LogP contribution in [-0.2, 0) is 16.0 Å². The van der Waals surface area contributed by atoms with Crippen LogP contribution in [0.3, 0.4) is 0 Å². The van der Waals surface area contributed by atoms with E-state index in [1.54, 1.807) is 7.05 Å². The zero-order valence-corrected chi connectivity index (χ0v) is 19.1. The maximum absolute atomic E-state index is 12.5. The van der Waals surface area contributed by atoms with Crippen molar-refractivity contribution in [2.75, 3.05) is 46.4 Å². The van der Waals surface area contributed by atoms with E-state index >= 15 is 0 Å². The lowest BCUT2D eigenvalue weighted by Gasteiger charge is -2.37. The predicted molar refractivity (Wildman–Crippen MR) is 124 cm³/mol. The summed E-state index contributed by atoms with van der Waals surface area (Å²) < 4.78 is 5.53. The number of halogens is 1. The molecule has 2 saturated heterocycles. The number of ether oxygens (including phenoxy) is 1. The number of nitrogens with one attached hydrogen (secondary N) is 2. The molecule has 1 unspecified atom stereocenters. The number of fused-ring (bicyclic) bond motifs is 1. The minimum atomic E-state index is -0.229. The number of carbonyl (C=O) groups excluding carboxylic acids is 1. The highest BCUT2D eigenvalue weighted by Crippen LogP contribution is 2.16. The third-order valence-corrected chi connectivity index (χ3v) is 5.39. The number of imidazole rings is 1. The van der Waals surface area contributed by atoms with Gasteiger partial charge in [0.1, 0.15) is 11.9 Å². The van der Waals surface area contributed by atoms with E-state index in [4.69, 9.17) is 4.74 Å². The lowest BCUT2D eigenvalue weighted by atomic mass is 10.2. The lowest BCUT2D eigenvalue weighted by molar-refractivity contribution is -0.142. The molecule has 4 rings (SSSR count). The Morgan fingerprint density at radius 1 is 1.28 bits per heavy atom. The number of hydrogen-bond donors (Lipinski definition) is 2.